The normalized spacial score (nSPS) is 9.67. The summed E-state index contributed by atoms with van der Waals surface area (Å²) in [7, 11) is 0. The second kappa shape index (κ2) is 5.66. The van der Waals surface area contributed by atoms with Crippen LogP contribution in [0.3, 0.4) is 0 Å². The lowest BCUT2D eigenvalue weighted by Crippen LogP contribution is -2.21. The van der Waals surface area contributed by atoms with Crippen LogP contribution in [-0.4, -0.2) is 15.8 Å². The average Bonchev–Trinajstić information content (AvgIpc) is 2.47. The highest BCUT2D eigenvalue weighted by molar-refractivity contribution is 6.05. The monoisotopic (exact) mass is 284 g/mol. The second-order valence-corrected chi connectivity index (χ2v) is 3.98. The first-order chi connectivity index (χ1) is 10.0. The smallest absolute Gasteiger partial charge is 0.294 e. The van der Waals surface area contributed by atoms with Crippen molar-refractivity contribution in [2.75, 3.05) is 5.32 Å². The van der Waals surface area contributed by atoms with E-state index in [1.807, 2.05) is 0 Å². The number of pyridine rings is 1. The van der Waals surface area contributed by atoms with Crippen molar-refractivity contribution in [3.63, 3.8) is 0 Å². The minimum absolute atomic E-state index is 0.0905. The van der Waals surface area contributed by atoms with E-state index in [1.165, 1.54) is 30.6 Å². The number of rotatable bonds is 3. The molecule has 1 aromatic heterocycles. The topological polar surface area (TPSA) is 129 Å². The quantitative estimate of drug-likeness (QED) is 0.650. The van der Waals surface area contributed by atoms with E-state index in [2.05, 4.69) is 10.3 Å². The molecule has 104 valence electrons. The van der Waals surface area contributed by atoms with Gasteiger partial charge in [0.1, 0.15) is 11.3 Å². The van der Waals surface area contributed by atoms with Crippen LogP contribution in [0.2, 0.25) is 0 Å². The van der Waals surface area contributed by atoms with E-state index >= 15 is 0 Å². The van der Waals surface area contributed by atoms with Gasteiger partial charge in [0, 0.05) is 24.5 Å². The van der Waals surface area contributed by atoms with Crippen molar-refractivity contribution in [2.24, 2.45) is 0 Å². The third-order valence-corrected chi connectivity index (χ3v) is 2.64. The van der Waals surface area contributed by atoms with Crippen LogP contribution >= 0.6 is 0 Å². The van der Waals surface area contributed by atoms with Gasteiger partial charge < -0.3 is 10.3 Å². The molecule has 0 atom stereocenters. The first-order valence-corrected chi connectivity index (χ1v) is 5.70. The lowest BCUT2D eigenvalue weighted by Gasteiger charge is -2.05. The molecule has 0 aliphatic rings. The molecule has 0 bridgehead atoms. The summed E-state index contributed by atoms with van der Waals surface area (Å²) in [6, 6.07) is 6.56. The Bertz CT molecular complexity index is 819. The van der Waals surface area contributed by atoms with Crippen molar-refractivity contribution < 1.29 is 9.72 Å². The van der Waals surface area contributed by atoms with Crippen molar-refractivity contribution in [3.8, 4) is 6.07 Å². The number of hydrogen-bond donors (Lipinski definition) is 2. The number of benzene rings is 1. The van der Waals surface area contributed by atoms with Gasteiger partial charge in [0.15, 0.2) is 5.43 Å². The van der Waals surface area contributed by atoms with E-state index in [0.29, 0.717) is 0 Å². The summed E-state index contributed by atoms with van der Waals surface area (Å²) >= 11 is 0. The lowest BCUT2D eigenvalue weighted by atomic mass is 10.1. The van der Waals surface area contributed by atoms with Gasteiger partial charge in [-0.1, -0.05) is 0 Å². The number of anilines is 1. The molecule has 1 heterocycles. The summed E-state index contributed by atoms with van der Waals surface area (Å²) in [6.45, 7) is 0. The Hall–Kier alpha value is -3.47. The highest BCUT2D eigenvalue weighted by Crippen LogP contribution is 2.25. The van der Waals surface area contributed by atoms with Crippen molar-refractivity contribution in [1.29, 1.82) is 5.26 Å². The number of nitro benzene ring substituents is 1. The average molecular weight is 284 g/mol. The van der Waals surface area contributed by atoms with Crippen molar-refractivity contribution in [3.05, 3.63) is 68.1 Å². The number of nitrogens with one attached hydrogen (secondary N) is 2. The summed E-state index contributed by atoms with van der Waals surface area (Å²) in [5.74, 6) is -0.773. The molecule has 8 nitrogen and oxygen atoms in total. The van der Waals surface area contributed by atoms with Crippen LogP contribution in [0.5, 0.6) is 0 Å². The molecular weight excluding hydrogens is 276 g/mol. The second-order valence-electron chi connectivity index (χ2n) is 3.98. The Kier molecular flexibility index (Phi) is 3.76. The Morgan fingerprint density at radius 2 is 2.14 bits per heavy atom. The summed E-state index contributed by atoms with van der Waals surface area (Å²) in [6.07, 6.45) is 2.57. The van der Waals surface area contributed by atoms with E-state index < -0.39 is 21.9 Å². The van der Waals surface area contributed by atoms with E-state index in [-0.39, 0.29) is 16.8 Å². The molecule has 0 spiro atoms. The number of nitro groups is 1. The van der Waals surface area contributed by atoms with Crippen molar-refractivity contribution in [2.45, 2.75) is 0 Å². The Morgan fingerprint density at radius 1 is 1.38 bits per heavy atom. The molecule has 0 aliphatic heterocycles. The summed E-state index contributed by atoms with van der Waals surface area (Å²) in [4.78, 5) is 36.3. The zero-order valence-corrected chi connectivity index (χ0v) is 10.5. The molecule has 0 saturated carbocycles. The molecule has 8 heteroatoms. The van der Waals surface area contributed by atoms with Gasteiger partial charge >= 0.3 is 0 Å². The van der Waals surface area contributed by atoms with Crippen molar-refractivity contribution >= 4 is 17.3 Å². The summed E-state index contributed by atoms with van der Waals surface area (Å²) in [5.41, 5.74) is -1.10. The molecule has 0 aliphatic carbocycles. The molecular formula is C13H8N4O4. The Morgan fingerprint density at radius 3 is 2.76 bits per heavy atom. The van der Waals surface area contributed by atoms with E-state index in [9.17, 15) is 19.7 Å². The number of hydrogen-bond acceptors (Lipinski definition) is 5. The van der Waals surface area contributed by atoms with Crippen LogP contribution in [0.15, 0.2) is 41.5 Å². The number of aromatic nitrogens is 1. The maximum Gasteiger partial charge on any atom is 0.294 e. The molecule has 1 amide bonds. The predicted octanol–water partition coefficient (Wildman–Crippen LogP) is 1.41. The number of aromatic amines is 1. The highest BCUT2D eigenvalue weighted by Gasteiger charge is 2.18. The predicted molar refractivity (Wildman–Crippen MR) is 72.8 cm³/mol. The first kappa shape index (κ1) is 14.0. The SMILES string of the molecule is N#Cc1ccc(NC(=O)c2c[nH]ccc2=O)c([N+](=O)[O-])c1. The minimum Gasteiger partial charge on any atom is -0.367 e. The number of carbonyl (C=O) groups excluding carboxylic acids is 1. The van der Waals surface area contributed by atoms with Crippen LogP contribution in [0, 0.1) is 21.4 Å². The largest absolute Gasteiger partial charge is 0.367 e. The van der Waals surface area contributed by atoms with Crippen LogP contribution in [-0.2, 0) is 0 Å². The van der Waals surface area contributed by atoms with Gasteiger partial charge in [0.05, 0.1) is 16.6 Å². The molecule has 21 heavy (non-hydrogen) atoms. The number of carbonyl (C=O) groups is 1. The molecule has 2 aromatic rings. The highest BCUT2D eigenvalue weighted by atomic mass is 16.6. The van der Waals surface area contributed by atoms with Crippen LogP contribution in [0.1, 0.15) is 15.9 Å². The fraction of sp³-hybridized carbons (Fsp3) is 0. The maximum atomic E-state index is 11.9. The molecule has 0 saturated heterocycles. The zero-order chi connectivity index (χ0) is 15.4. The van der Waals surface area contributed by atoms with Gasteiger partial charge in [-0.2, -0.15) is 5.26 Å². The molecule has 2 rings (SSSR count). The molecule has 0 unspecified atom stereocenters. The Labute approximate surface area is 117 Å². The van der Waals surface area contributed by atoms with Crippen LogP contribution in [0.4, 0.5) is 11.4 Å². The molecule has 0 fully saturated rings. The van der Waals surface area contributed by atoms with Gasteiger partial charge in [0.25, 0.3) is 11.6 Å². The van der Waals surface area contributed by atoms with Crippen LogP contribution in [0.25, 0.3) is 0 Å². The number of H-pyrrole nitrogens is 1. The Balaban J connectivity index is 2.38. The molecule has 0 radical (unpaired) electrons. The van der Waals surface area contributed by atoms with Gasteiger partial charge in [-0.05, 0) is 12.1 Å². The summed E-state index contributed by atoms with van der Waals surface area (Å²) in [5, 5.41) is 22.0. The summed E-state index contributed by atoms with van der Waals surface area (Å²) < 4.78 is 0. The number of nitrogens with zero attached hydrogens (tertiary/aromatic N) is 2. The third-order valence-electron chi connectivity index (χ3n) is 2.64. The lowest BCUT2D eigenvalue weighted by molar-refractivity contribution is -0.383. The van der Waals surface area contributed by atoms with E-state index in [1.54, 1.807) is 6.07 Å². The fourth-order valence-electron chi connectivity index (χ4n) is 1.64. The van der Waals surface area contributed by atoms with Gasteiger partial charge in [-0.25, -0.2) is 0 Å². The van der Waals surface area contributed by atoms with E-state index in [4.69, 9.17) is 5.26 Å². The molecule has 1 aromatic carbocycles. The maximum absolute atomic E-state index is 11.9. The van der Waals surface area contributed by atoms with Gasteiger partial charge in [-0.15, -0.1) is 0 Å². The first-order valence-electron chi connectivity index (χ1n) is 5.70. The van der Waals surface area contributed by atoms with Crippen LogP contribution < -0.4 is 10.7 Å². The molecule has 2 N–H and O–H groups in total. The number of nitriles is 1. The third kappa shape index (κ3) is 2.93. The fourth-order valence-corrected chi connectivity index (χ4v) is 1.64. The zero-order valence-electron chi connectivity index (χ0n) is 10.5. The van der Waals surface area contributed by atoms with Gasteiger partial charge in [-0.3, -0.25) is 19.7 Å². The van der Waals surface area contributed by atoms with E-state index in [0.717, 1.165) is 6.07 Å². The minimum atomic E-state index is -0.773. The van der Waals surface area contributed by atoms with Gasteiger partial charge in [0.2, 0.25) is 0 Å². The standard InChI is InChI=1S/C13H8N4O4/c14-6-8-1-2-10(11(5-8)17(20)21)16-13(19)9-7-15-4-3-12(9)18/h1-5,7H,(H,15,18)(H,16,19). The van der Waals surface area contributed by atoms with Crippen molar-refractivity contribution in [1.82, 2.24) is 4.98 Å². The number of amides is 1.